The highest BCUT2D eigenvalue weighted by Gasteiger charge is 2.31. The van der Waals surface area contributed by atoms with Crippen LogP contribution >= 0.6 is 0 Å². The van der Waals surface area contributed by atoms with Crippen LogP contribution in [0, 0.1) is 6.92 Å². The van der Waals surface area contributed by atoms with E-state index in [-0.39, 0.29) is 30.2 Å². The minimum absolute atomic E-state index is 0.0717. The van der Waals surface area contributed by atoms with Crippen LogP contribution in [0.5, 0.6) is 11.5 Å². The maximum atomic E-state index is 12.2. The van der Waals surface area contributed by atoms with Crippen molar-refractivity contribution < 1.29 is 38.6 Å². The van der Waals surface area contributed by atoms with Crippen molar-refractivity contribution in [2.24, 2.45) is 0 Å². The van der Waals surface area contributed by atoms with Crippen LogP contribution in [0.1, 0.15) is 92.3 Å². The average molecular weight is 545 g/mol. The molecule has 0 aromatic heterocycles. The third-order valence-corrected chi connectivity index (χ3v) is 6.42. The molecule has 10 nitrogen and oxygen atoms in total. The van der Waals surface area contributed by atoms with Crippen molar-refractivity contribution in [1.82, 2.24) is 10.8 Å². The van der Waals surface area contributed by atoms with Crippen molar-refractivity contribution in [1.29, 1.82) is 0 Å². The summed E-state index contributed by atoms with van der Waals surface area (Å²) in [5.41, 5.74) is 5.21. The summed E-state index contributed by atoms with van der Waals surface area (Å²) in [6.45, 7) is 6.37. The zero-order valence-corrected chi connectivity index (χ0v) is 23.3. The molecule has 2 amide bonds. The number of cyclic esters (lactones) is 1. The summed E-state index contributed by atoms with van der Waals surface area (Å²) < 4.78 is 10.6. The Hall–Kier alpha value is -3.82. The molecule has 214 valence electrons. The van der Waals surface area contributed by atoms with Gasteiger partial charge in [0.2, 0.25) is 5.91 Å². The summed E-state index contributed by atoms with van der Waals surface area (Å²) in [6, 6.07) is 0. The summed E-state index contributed by atoms with van der Waals surface area (Å²) in [5.74, 6) is -1.16. The van der Waals surface area contributed by atoms with Crippen LogP contribution in [0.4, 0.5) is 0 Å². The maximum Gasteiger partial charge on any atom is 0.342 e. The molecule has 0 bridgehead atoms. The summed E-state index contributed by atoms with van der Waals surface area (Å²) >= 11 is 0. The first-order chi connectivity index (χ1) is 18.7. The monoisotopic (exact) mass is 544 g/mol. The highest BCUT2D eigenvalue weighted by Crippen LogP contribution is 2.42. The van der Waals surface area contributed by atoms with Gasteiger partial charge < -0.3 is 24.7 Å². The third-order valence-electron chi connectivity index (χ3n) is 6.42. The Kier molecular flexibility index (Phi) is 13.1. The van der Waals surface area contributed by atoms with Crippen molar-refractivity contribution in [2.45, 2.75) is 85.2 Å². The minimum Gasteiger partial charge on any atom is -0.507 e. The van der Waals surface area contributed by atoms with E-state index in [1.807, 2.05) is 26.8 Å². The van der Waals surface area contributed by atoms with Crippen molar-refractivity contribution in [3.05, 3.63) is 46.1 Å². The molecule has 0 radical (unpaired) electrons. The lowest BCUT2D eigenvalue weighted by atomic mass is 9.94. The molecule has 3 N–H and O–H groups in total. The molecule has 1 heterocycles. The summed E-state index contributed by atoms with van der Waals surface area (Å²) in [5, 5.41) is 13.6. The number of phenols is 1. The van der Waals surface area contributed by atoms with Gasteiger partial charge in [-0.2, -0.15) is 5.48 Å². The van der Waals surface area contributed by atoms with Crippen molar-refractivity contribution in [3.63, 3.8) is 0 Å². The number of nitrogens with one attached hydrogen (secondary N) is 2. The number of hydrogen-bond donors (Lipinski definition) is 3. The number of fused-ring (bicyclic) bond motifs is 1. The molecule has 1 aromatic rings. The predicted octanol–water partition coefficient (Wildman–Crippen LogP) is 4.26. The molecule has 0 unspecified atom stereocenters. The first-order valence-corrected chi connectivity index (χ1v) is 13.4. The molecule has 0 spiro atoms. The number of hydrogen-bond acceptors (Lipinski definition) is 8. The summed E-state index contributed by atoms with van der Waals surface area (Å²) in [7, 11) is 1.52. The number of aromatic hydroxyl groups is 1. The zero-order chi connectivity index (χ0) is 28.8. The minimum atomic E-state index is -0.536. The second-order valence-corrected chi connectivity index (χ2v) is 9.46. The van der Waals surface area contributed by atoms with Gasteiger partial charge in [-0.1, -0.05) is 37.5 Å². The fraction of sp³-hybridized carbons (Fsp3) is 0.517. The Morgan fingerprint density at radius 1 is 1.13 bits per heavy atom. The van der Waals surface area contributed by atoms with Gasteiger partial charge in [0, 0.05) is 36.6 Å². The molecule has 1 aliphatic rings. The number of unbranched alkanes of at least 4 members (excludes halogenated alkanes) is 3. The lowest BCUT2D eigenvalue weighted by Crippen LogP contribution is -2.25. The first kappa shape index (κ1) is 31.4. The largest absolute Gasteiger partial charge is 0.507 e. The zero-order valence-electron chi connectivity index (χ0n) is 23.3. The molecule has 39 heavy (non-hydrogen) atoms. The van der Waals surface area contributed by atoms with E-state index < -0.39 is 17.8 Å². The number of rotatable bonds is 15. The molecule has 0 aliphatic carbocycles. The number of methoxy groups -OCH3 is 1. The molecule has 0 fully saturated rings. The standard InChI is InChI=1S/C29H40N2O8/c1-5-6-8-11-24(33)31-39-25(34)12-9-7-10-17-30-23(32)16-14-19(2)13-15-21-27(35)26-22(18-38-29(26)36)20(3)28(21)37-4/h8,11,13,35H,5-7,9-10,12,14-18H2,1-4H3,(H,30,32)(H,31,33)/b11-8?,19-13+. The Balaban J connectivity index is 1.66. The number of esters is 1. The molecular weight excluding hydrogens is 504 g/mol. The van der Waals surface area contributed by atoms with Gasteiger partial charge in [0.1, 0.15) is 23.7 Å². The molecule has 10 heteroatoms. The fourth-order valence-electron chi connectivity index (χ4n) is 4.15. The van der Waals surface area contributed by atoms with Gasteiger partial charge in [-0.15, -0.1) is 0 Å². The molecule has 2 rings (SSSR count). The van der Waals surface area contributed by atoms with Gasteiger partial charge in [-0.05, 0) is 51.5 Å². The highest BCUT2D eigenvalue weighted by molar-refractivity contribution is 5.98. The smallest absolute Gasteiger partial charge is 0.342 e. The Bertz CT molecular complexity index is 1110. The van der Waals surface area contributed by atoms with Crippen LogP contribution in [0.3, 0.4) is 0 Å². The quantitative estimate of drug-likeness (QED) is 0.0978. The van der Waals surface area contributed by atoms with Crippen LogP contribution in [0.25, 0.3) is 0 Å². The Morgan fingerprint density at radius 3 is 2.62 bits per heavy atom. The van der Waals surface area contributed by atoms with E-state index in [4.69, 9.17) is 14.3 Å². The topological polar surface area (TPSA) is 140 Å². The predicted molar refractivity (Wildman–Crippen MR) is 145 cm³/mol. The van der Waals surface area contributed by atoms with E-state index in [1.165, 1.54) is 13.2 Å². The maximum absolute atomic E-state index is 12.2. The molecule has 0 atom stereocenters. The lowest BCUT2D eigenvalue weighted by Gasteiger charge is -2.15. The molecule has 1 aromatic carbocycles. The van der Waals surface area contributed by atoms with Gasteiger partial charge in [-0.3, -0.25) is 9.59 Å². The second kappa shape index (κ2) is 16.2. The van der Waals surface area contributed by atoms with Crippen molar-refractivity contribution >= 4 is 23.8 Å². The van der Waals surface area contributed by atoms with Gasteiger partial charge >= 0.3 is 11.9 Å². The molecule has 0 saturated heterocycles. The van der Waals surface area contributed by atoms with Gasteiger partial charge in [0.15, 0.2) is 0 Å². The normalized spacial score (nSPS) is 12.7. The number of amides is 2. The molecule has 0 saturated carbocycles. The van der Waals surface area contributed by atoms with Crippen molar-refractivity contribution in [3.8, 4) is 11.5 Å². The summed E-state index contributed by atoms with van der Waals surface area (Å²) in [6.07, 6.45) is 10.1. The van der Waals surface area contributed by atoms with Gasteiger partial charge in [0.05, 0.1) is 7.11 Å². The first-order valence-electron chi connectivity index (χ1n) is 13.4. The number of carbonyl (C=O) groups excluding carboxylic acids is 4. The molecular formula is C29H40N2O8. The van der Waals surface area contributed by atoms with E-state index >= 15 is 0 Å². The number of phenolic OH excluding ortho intramolecular Hbond substituents is 1. The second-order valence-electron chi connectivity index (χ2n) is 9.46. The fourth-order valence-corrected chi connectivity index (χ4v) is 4.15. The number of benzene rings is 1. The van der Waals surface area contributed by atoms with E-state index in [0.717, 1.165) is 36.8 Å². The Morgan fingerprint density at radius 2 is 1.90 bits per heavy atom. The van der Waals surface area contributed by atoms with E-state index in [1.54, 1.807) is 6.08 Å². The number of allylic oxidation sites excluding steroid dienone is 3. The number of carbonyl (C=O) groups is 4. The van der Waals surface area contributed by atoms with Gasteiger partial charge in [0.25, 0.3) is 5.91 Å². The van der Waals surface area contributed by atoms with Crippen LogP contribution < -0.4 is 15.5 Å². The third kappa shape index (κ3) is 9.77. The average Bonchev–Trinajstić information content (AvgIpc) is 3.31. The van der Waals surface area contributed by atoms with Crippen LogP contribution in [0.15, 0.2) is 23.8 Å². The number of ether oxygens (including phenoxy) is 2. The van der Waals surface area contributed by atoms with E-state index in [9.17, 15) is 24.3 Å². The van der Waals surface area contributed by atoms with Crippen LogP contribution in [-0.4, -0.2) is 42.5 Å². The highest BCUT2D eigenvalue weighted by atomic mass is 16.7. The van der Waals surface area contributed by atoms with Crippen LogP contribution in [0.2, 0.25) is 0 Å². The van der Waals surface area contributed by atoms with Gasteiger partial charge in [-0.25, -0.2) is 9.59 Å². The lowest BCUT2D eigenvalue weighted by molar-refractivity contribution is -0.156. The molecule has 1 aliphatic heterocycles. The van der Waals surface area contributed by atoms with Crippen LogP contribution in [-0.2, 0) is 37.0 Å². The summed E-state index contributed by atoms with van der Waals surface area (Å²) in [4.78, 5) is 52.1. The van der Waals surface area contributed by atoms with E-state index in [0.29, 0.717) is 49.1 Å². The Labute approximate surface area is 229 Å². The number of hydroxylamine groups is 1. The SMILES string of the molecule is CCCC=CC(=O)NOC(=O)CCCCCNC(=O)CC/C(C)=C/Cc1c(O)c2c(c(C)c1OC)COC2=O. The van der Waals surface area contributed by atoms with E-state index in [2.05, 4.69) is 10.8 Å². The van der Waals surface area contributed by atoms with Crippen molar-refractivity contribution in [2.75, 3.05) is 13.7 Å².